The van der Waals surface area contributed by atoms with Crippen molar-refractivity contribution in [3.63, 3.8) is 0 Å². The normalized spacial score (nSPS) is 13.6. The Bertz CT molecular complexity index is 351. The van der Waals surface area contributed by atoms with Gasteiger partial charge in [0.05, 0.1) is 0 Å². The van der Waals surface area contributed by atoms with Gasteiger partial charge in [0.15, 0.2) is 0 Å². The Morgan fingerprint density at radius 3 is 2.33 bits per heavy atom. The minimum Gasteiger partial charge on any atom is -0.271 e. The molecule has 0 bridgehead atoms. The lowest BCUT2D eigenvalue weighted by Gasteiger charge is -2.17. The first kappa shape index (κ1) is 15.3. The fourth-order valence-corrected chi connectivity index (χ4v) is 2.10. The highest BCUT2D eigenvalue weighted by molar-refractivity contribution is 7.98. The van der Waals surface area contributed by atoms with Crippen LogP contribution in [0.4, 0.5) is 13.2 Å². The van der Waals surface area contributed by atoms with Gasteiger partial charge in [-0.2, -0.15) is 13.2 Å². The van der Waals surface area contributed by atoms with E-state index in [4.69, 9.17) is 5.84 Å². The number of thioether (sulfide) groups is 1. The first-order valence-electron chi connectivity index (χ1n) is 5.63. The van der Waals surface area contributed by atoms with E-state index < -0.39 is 12.6 Å². The third kappa shape index (κ3) is 5.29. The van der Waals surface area contributed by atoms with E-state index in [1.165, 1.54) is 0 Å². The van der Waals surface area contributed by atoms with Crippen molar-refractivity contribution < 1.29 is 13.2 Å². The second-order valence-electron chi connectivity index (χ2n) is 4.00. The smallest absolute Gasteiger partial charge is 0.271 e. The first-order valence-corrected chi connectivity index (χ1v) is 6.85. The molecule has 1 aromatic rings. The molecule has 0 fully saturated rings. The van der Waals surface area contributed by atoms with E-state index in [1.54, 1.807) is 11.8 Å². The zero-order chi connectivity index (χ0) is 13.6. The van der Waals surface area contributed by atoms with Crippen LogP contribution in [0, 0.1) is 0 Å². The summed E-state index contributed by atoms with van der Waals surface area (Å²) in [6.07, 6.45) is -2.45. The van der Waals surface area contributed by atoms with Crippen molar-refractivity contribution >= 4 is 11.8 Å². The molecule has 2 nitrogen and oxygen atoms in total. The molecule has 1 aromatic carbocycles. The summed E-state index contributed by atoms with van der Waals surface area (Å²) in [5.74, 6) is 5.39. The number of hydrogen-bond donors (Lipinski definition) is 2. The van der Waals surface area contributed by atoms with E-state index in [1.807, 2.05) is 30.5 Å². The Hall–Kier alpha value is -0.720. The quantitative estimate of drug-likeness (QED) is 0.474. The van der Waals surface area contributed by atoms with Crippen molar-refractivity contribution in [3.05, 3.63) is 29.8 Å². The zero-order valence-electron chi connectivity index (χ0n) is 10.1. The molecular weight excluding hydrogens is 261 g/mol. The summed E-state index contributed by atoms with van der Waals surface area (Å²) in [6.45, 7) is 0. The van der Waals surface area contributed by atoms with Gasteiger partial charge >= 0.3 is 6.18 Å². The van der Waals surface area contributed by atoms with Crippen molar-refractivity contribution in [2.24, 2.45) is 5.84 Å². The van der Waals surface area contributed by atoms with Crippen molar-refractivity contribution in [2.75, 3.05) is 6.26 Å². The van der Waals surface area contributed by atoms with Crippen LogP contribution in [0.5, 0.6) is 0 Å². The van der Waals surface area contributed by atoms with E-state index in [9.17, 15) is 13.2 Å². The Labute approximate surface area is 109 Å². The molecule has 18 heavy (non-hydrogen) atoms. The number of nitrogens with two attached hydrogens (primary N) is 1. The molecule has 102 valence electrons. The van der Waals surface area contributed by atoms with Crippen molar-refractivity contribution in [3.8, 4) is 0 Å². The predicted molar refractivity (Wildman–Crippen MR) is 68.2 cm³/mol. The standard InChI is InChI=1S/C12H17F3N2S/c1-18-10-6-4-9(5-7-10)11(17-16)3-2-8-12(13,14)15/h4-7,11,17H,2-3,8,16H2,1H3. The summed E-state index contributed by atoms with van der Waals surface area (Å²) in [5, 5.41) is 0. The van der Waals surface area contributed by atoms with Gasteiger partial charge in [-0.05, 0) is 36.8 Å². The minimum absolute atomic E-state index is 0.0721. The highest BCUT2D eigenvalue weighted by Crippen LogP contribution is 2.26. The van der Waals surface area contributed by atoms with Crippen molar-refractivity contribution in [1.82, 2.24) is 5.43 Å². The van der Waals surface area contributed by atoms with E-state index in [2.05, 4.69) is 5.43 Å². The Kier molecular flexibility index (Phi) is 5.98. The lowest BCUT2D eigenvalue weighted by atomic mass is 10.0. The molecule has 1 rings (SSSR count). The summed E-state index contributed by atoms with van der Waals surface area (Å²) in [6, 6.07) is 7.43. The molecule has 0 aliphatic heterocycles. The van der Waals surface area contributed by atoms with Crippen LogP contribution in [0.3, 0.4) is 0 Å². The molecule has 0 aliphatic carbocycles. The van der Waals surface area contributed by atoms with E-state index in [-0.39, 0.29) is 12.5 Å². The summed E-state index contributed by atoms with van der Waals surface area (Å²) >= 11 is 1.62. The van der Waals surface area contributed by atoms with Crippen LogP contribution in [0.15, 0.2) is 29.2 Å². The summed E-state index contributed by atoms with van der Waals surface area (Å²) < 4.78 is 36.2. The third-order valence-electron chi connectivity index (χ3n) is 2.67. The van der Waals surface area contributed by atoms with Gasteiger partial charge in [-0.1, -0.05) is 12.1 Å². The second kappa shape index (κ2) is 7.01. The van der Waals surface area contributed by atoms with E-state index in [0.717, 1.165) is 10.5 Å². The molecule has 0 amide bonds. The second-order valence-corrected chi connectivity index (χ2v) is 4.88. The fraction of sp³-hybridized carbons (Fsp3) is 0.500. The molecule has 6 heteroatoms. The van der Waals surface area contributed by atoms with Gasteiger partial charge in [-0.3, -0.25) is 11.3 Å². The number of benzene rings is 1. The van der Waals surface area contributed by atoms with Gasteiger partial charge in [-0.25, -0.2) is 0 Å². The molecule has 0 saturated carbocycles. The lowest BCUT2D eigenvalue weighted by molar-refractivity contribution is -0.135. The maximum Gasteiger partial charge on any atom is 0.389 e. The SMILES string of the molecule is CSc1ccc(C(CCCC(F)(F)F)NN)cc1. The monoisotopic (exact) mass is 278 g/mol. The number of nitrogens with one attached hydrogen (secondary N) is 1. The number of rotatable bonds is 6. The van der Waals surface area contributed by atoms with Crippen molar-refractivity contribution in [2.45, 2.75) is 36.4 Å². The molecule has 1 atom stereocenters. The van der Waals surface area contributed by atoms with Crippen molar-refractivity contribution in [1.29, 1.82) is 0 Å². The van der Waals surface area contributed by atoms with Gasteiger partial charge in [0.25, 0.3) is 0 Å². The zero-order valence-corrected chi connectivity index (χ0v) is 10.9. The van der Waals surface area contributed by atoms with Gasteiger partial charge in [0.2, 0.25) is 0 Å². The highest BCUT2D eigenvalue weighted by atomic mass is 32.2. The molecule has 0 spiro atoms. The van der Waals surface area contributed by atoms with Crippen LogP contribution >= 0.6 is 11.8 Å². The van der Waals surface area contributed by atoms with Crippen LogP contribution in [-0.4, -0.2) is 12.4 Å². The third-order valence-corrected chi connectivity index (χ3v) is 3.42. The van der Waals surface area contributed by atoms with Gasteiger partial charge < -0.3 is 0 Å². The van der Waals surface area contributed by atoms with E-state index >= 15 is 0 Å². The summed E-state index contributed by atoms with van der Waals surface area (Å²) in [7, 11) is 0. The summed E-state index contributed by atoms with van der Waals surface area (Å²) in [4.78, 5) is 1.12. The van der Waals surface area contributed by atoms with Crippen LogP contribution in [0.2, 0.25) is 0 Å². The molecular formula is C12H17F3N2S. The number of hydrazine groups is 1. The molecule has 0 aromatic heterocycles. The van der Waals surface area contributed by atoms with Gasteiger partial charge in [-0.15, -0.1) is 11.8 Å². The predicted octanol–water partition coefficient (Wildman–Crippen LogP) is 3.65. The van der Waals surface area contributed by atoms with E-state index in [0.29, 0.717) is 6.42 Å². The van der Waals surface area contributed by atoms with Crippen LogP contribution in [0.25, 0.3) is 0 Å². The average Bonchev–Trinajstić information content (AvgIpc) is 2.34. The molecule has 0 radical (unpaired) electrons. The molecule has 0 aliphatic rings. The average molecular weight is 278 g/mol. The van der Waals surface area contributed by atoms with Gasteiger partial charge in [0, 0.05) is 17.4 Å². The highest BCUT2D eigenvalue weighted by Gasteiger charge is 2.26. The molecule has 0 saturated heterocycles. The molecule has 1 unspecified atom stereocenters. The maximum absolute atomic E-state index is 12.1. The minimum atomic E-state index is -4.10. The first-order chi connectivity index (χ1) is 8.46. The topological polar surface area (TPSA) is 38.0 Å². The molecule has 3 N–H and O–H groups in total. The van der Waals surface area contributed by atoms with Crippen LogP contribution in [0.1, 0.15) is 30.9 Å². The number of alkyl halides is 3. The fourth-order valence-electron chi connectivity index (χ4n) is 1.69. The summed E-state index contributed by atoms with van der Waals surface area (Å²) in [5.41, 5.74) is 3.48. The number of halogens is 3. The Balaban J connectivity index is 2.54. The van der Waals surface area contributed by atoms with Crippen LogP contribution in [-0.2, 0) is 0 Å². The van der Waals surface area contributed by atoms with Gasteiger partial charge in [0.1, 0.15) is 0 Å². The number of hydrogen-bond acceptors (Lipinski definition) is 3. The lowest BCUT2D eigenvalue weighted by Crippen LogP contribution is -2.28. The van der Waals surface area contributed by atoms with Crippen LogP contribution < -0.4 is 11.3 Å². The maximum atomic E-state index is 12.1. The Morgan fingerprint density at radius 2 is 1.89 bits per heavy atom. The largest absolute Gasteiger partial charge is 0.389 e. The molecule has 0 heterocycles. The Morgan fingerprint density at radius 1 is 1.28 bits per heavy atom.